The lowest BCUT2D eigenvalue weighted by Crippen LogP contribution is -2.39. The molecule has 1 saturated heterocycles. The molecule has 0 spiro atoms. The minimum Gasteiger partial charge on any atom is -0.469 e. The smallest absolute Gasteiger partial charge is 0.309 e. The van der Waals surface area contributed by atoms with Gasteiger partial charge >= 0.3 is 5.97 Å². The highest BCUT2D eigenvalue weighted by Gasteiger charge is 2.31. The van der Waals surface area contributed by atoms with Gasteiger partial charge in [-0.25, -0.2) is 16.8 Å². The summed E-state index contributed by atoms with van der Waals surface area (Å²) in [6, 6.07) is 12.9. The molecular formula is C21H25NO6S2. The summed E-state index contributed by atoms with van der Waals surface area (Å²) in [6.45, 7) is 0.742. The van der Waals surface area contributed by atoms with Crippen molar-refractivity contribution in [3.05, 3.63) is 59.7 Å². The van der Waals surface area contributed by atoms with Crippen LogP contribution in [-0.4, -0.2) is 53.6 Å². The lowest BCUT2D eigenvalue weighted by atomic mass is 9.90. The van der Waals surface area contributed by atoms with Crippen LogP contribution in [0.15, 0.2) is 58.3 Å². The maximum Gasteiger partial charge on any atom is 0.309 e. The van der Waals surface area contributed by atoms with Gasteiger partial charge in [-0.3, -0.25) is 4.79 Å². The van der Waals surface area contributed by atoms with Crippen LogP contribution >= 0.6 is 0 Å². The van der Waals surface area contributed by atoms with E-state index >= 15 is 0 Å². The molecule has 0 saturated carbocycles. The lowest BCUT2D eigenvalue weighted by Gasteiger charge is -2.32. The molecule has 7 nitrogen and oxygen atoms in total. The molecule has 0 amide bonds. The van der Waals surface area contributed by atoms with Crippen molar-refractivity contribution in [2.75, 3.05) is 26.5 Å². The number of piperidine rings is 1. The van der Waals surface area contributed by atoms with Crippen molar-refractivity contribution in [1.82, 2.24) is 4.31 Å². The Morgan fingerprint density at radius 2 is 1.73 bits per heavy atom. The van der Waals surface area contributed by atoms with E-state index in [0.29, 0.717) is 19.5 Å². The normalized spacial score (nSPS) is 18.1. The van der Waals surface area contributed by atoms with Crippen molar-refractivity contribution in [2.45, 2.75) is 35.0 Å². The average Bonchev–Trinajstić information content (AvgIpc) is 2.73. The van der Waals surface area contributed by atoms with E-state index in [1.165, 1.54) is 35.7 Å². The lowest BCUT2D eigenvalue weighted by molar-refractivity contribution is -0.139. The largest absolute Gasteiger partial charge is 0.469 e. The van der Waals surface area contributed by atoms with E-state index in [2.05, 4.69) is 0 Å². The summed E-state index contributed by atoms with van der Waals surface area (Å²) in [5, 5.41) is 0. The van der Waals surface area contributed by atoms with Crippen LogP contribution in [0.1, 0.15) is 29.9 Å². The molecule has 1 atom stereocenters. The Morgan fingerprint density at radius 3 is 2.37 bits per heavy atom. The molecule has 2 aromatic rings. The van der Waals surface area contributed by atoms with E-state index in [9.17, 15) is 21.6 Å². The molecule has 1 aliphatic heterocycles. The van der Waals surface area contributed by atoms with Crippen LogP contribution in [0, 0.1) is 0 Å². The van der Waals surface area contributed by atoms with Crippen molar-refractivity contribution in [3.63, 3.8) is 0 Å². The van der Waals surface area contributed by atoms with Gasteiger partial charge in [0.05, 0.1) is 23.3 Å². The topological polar surface area (TPSA) is 97.8 Å². The molecule has 9 heteroatoms. The summed E-state index contributed by atoms with van der Waals surface area (Å²) in [6.07, 6.45) is 2.82. The van der Waals surface area contributed by atoms with Gasteiger partial charge in [0.15, 0.2) is 9.84 Å². The second-order valence-corrected chi connectivity index (χ2v) is 11.4. The molecule has 3 rings (SSSR count). The van der Waals surface area contributed by atoms with Crippen LogP contribution in [0.4, 0.5) is 0 Å². The van der Waals surface area contributed by atoms with E-state index in [4.69, 9.17) is 4.74 Å². The van der Waals surface area contributed by atoms with E-state index in [1.54, 1.807) is 0 Å². The predicted molar refractivity (Wildman–Crippen MR) is 112 cm³/mol. The number of ether oxygens (including phenoxy) is 1. The number of sulfone groups is 1. The minimum absolute atomic E-state index is 0.0152. The predicted octanol–water partition coefficient (Wildman–Crippen LogP) is 2.37. The first kappa shape index (κ1) is 22.5. The summed E-state index contributed by atoms with van der Waals surface area (Å²) in [4.78, 5) is 11.7. The number of sulfonamides is 1. The van der Waals surface area contributed by atoms with Crippen LogP contribution in [0.2, 0.25) is 0 Å². The number of benzene rings is 2. The fraction of sp³-hybridized carbons (Fsp3) is 0.381. The molecule has 2 aromatic carbocycles. The molecule has 0 aliphatic carbocycles. The molecule has 0 N–H and O–H groups in total. The first-order valence-corrected chi connectivity index (χ1v) is 12.9. The quantitative estimate of drug-likeness (QED) is 0.626. The minimum atomic E-state index is -3.73. The third-order valence-electron chi connectivity index (χ3n) is 5.27. The van der Waals surface area contributed by atoms with Gasteiger partial charge in [0, 0.05) is 19.3 Å². The van der Waals surface area contributed by atoms with Crippen molar-refractivity contribution >= 4 is 25.8 Å². The monoisotopic (exact) mass is 451 g/mol. The molecule has 30 heavy (non-hydrogen) atoms. The first-order valence-electron chi connectivity index (χ1n) is 9.57. The molecule has 0 radical (unpaired) electrons. The number of hydrogen-bond acceptors (Lipinski definition) is 6. The van der Waals surface area contributed by atoms with Crippen LogP contribution in [0.3, 0.4) is 0 Å². The molecule has 1 fully saturated rings. The van der Waals surface area contributed by atoms with Gasteiger partial charge < -0.3 is 4.74 Å². The third kappa shape index (κ3) is 5.08. The maximum atomic E-state index is 13.1. The highest BCUT2D eigenvalue weighted by Crippen LogP contribution is 2.31. The van der Waals surface area contributed by atoms with E-state index in [-0.39, 0.29) is 28.1 Å². The zero-order valence-electron chi connectivity index (χ0n) is 16.9. The van der Waals surface area contributed by atoms with Gasteiger partial charge in [-0.05, 0) is 54.2 Å². The van der Waals surface area contributed by atoms with Crippen molar-refractivity contribution in [2.24, 2.45) is 0 Å². The highest BCUT2D eigenvalue weighted by molar-refractivity contribution is 7.90. The number of carbonyl (C=O) groups excluding carboxylic acids is 1. The van der Waals surface area contributed by atoms with Crippen LogP contribution in [0.25, 0.3) is 0 Å². The highest BCUT2D eigenvalue weighted by atomic mass is 32.2. The Bertz CT molecular complexity index is 1120. The maximum absolute atomic E-state index is 13.1. The van der Waals surface area contributed by atoms with Gasteiger partial charge in [-0.15, -0.1) is 0 Å². The zero-order chi connectivity index (χ0) is 21.9. The number of rotatable bonds is 6. The fourth-order valence-corrected chi connectivity index (χ4v) is 5.79. The molecule has 1 aliphatic rings. The summed E-state index contributed by atoms with van der Waals surface area (Å²) >= 11 is 0. The second-order valence-electron chi connectivity index (χ2n) is 7.44. The number of methoxy groups -OCH3 is 1. The number of esters is 1. The van der Waals surface area contributed by atoms with Gasteiger partial charge in [0.25, 0.3) is 0 Å². The molecule has 162 valence electrons. The van der Waals surface area contributed by atoms with Crippen molar-refractivity contribution in [3.8, 4) is 0 Å². The zero-order valence-corrected chi connectivity index (χ0v) is 18.6. The molecule has 1 heterocycles. The van der Waals surface area contributed by atoms with Gasteiger partial charge in [-0.2, -0.15) is 4.31 Å². The average molecular weight is 452 g/mol. The Hall–Kier alpha value is -2.23. The Balaban J connectivity index is 1.80. The van der Waals surface area contributed by atoms with Crippen LogP contribution in [0.5, 0.6) is 0 Å². The molecule has 1 unspecified atom stereocenters. The Labute approximate surface area is 177 Å². The second kappa shape index (κ2) is 8.87. The van der Waals surface area contributed by atoms with Gasteiger partial charge in [-0.1, -0.05) is 24.3 Å². The van der Waals surface area contributed by atoms with Crippen molar-refractivity contribution < 1.29 is 26.4 Å². The third-order valence-corrected chi connectivity index (χ3v) is 8.28. The molecule has 0 bridgehead atoms. The molecule has 0 aromatic heterocycles. The summed E-state index contributed by atoms with van der Waals surface area (Å²) < 4.78 is 55.6. The van der Waals surface area contributed by atoms with Crippen molar-refractivity contribution in [1.29, 1.82) is 0 Å². The number of carbonyl (C=O) groups is 1. The number of hydrogen-bond donors (Lipinski definition) is 0. The SMILES string of the molecule is COC(=O)Cc1cccc(C2CCCN(S(=O)(=O)c3ccc(S(C)(=O)=O)cc3)C2)c1. The summed E-state index contributed by atoms with van der Waals surface area (Å²) in [5.41, 5.74) is 1.82. The van der Waals surface area contributed by atoms with E-state index < -0.39 is 19.9 Å². The Morgan fingerprint density at radius 1 is 1.07 bits per heavy atom. The van der Waals surface area contributed by atoms with Gasteiger partial charge in [0.1, 0.15) is 0 Å². The van der Waals surface area contributed by atoms with E-state index in [0.717, 1.165) is 23.8 Å². The fourth-order valence-electron chi connectivity index (χ4n) is 3.64. The van der Waals surface area contributed by atoms with E-state index in [1.807, 2.05) is 24.3 Å². The van der Waals surface area contributed by atoms with Crippen LogP contribution < -0.4 is 0 Å². The Kier molecular flexibility index (Phi) is 6.64. The summed E-state index contributed by atoms with van der Waals surface area (Å²) in [5.74, 6) is -0.307. The standard InChI is InChI=1S/C21H25NO6S2/c1-28-21(23)14-16-5-3-6-17(13-16)18-7-4-12-22(15-18)30(26,27)20-10-8-19(9-11-20)29(2,24)25/h3,5-6,8-11,13,18H,4,7,12,14-15H2,1-2H3. The van der Waals surface area contributed by atoms with Gasteiger partial charge in [0.2, 0.25) is 10.0 Å². The first-order chi connectivity index (χ1) is 14.1. The van der Waals surface area contributed by atoms with Crippen LogP contribution in [-0.2, 0) is 35.8 Å². The summed E-state index contributed by atoms with van der Waals surface area (Å²) in [7, 11) is -5.78. The molecular weight excluding hydrogens is 426 g/mol. The number of nitrogens with zero attached hydrogens (tertiary/aromatic N) is 1.